The number of rotatable bonds is 7. The van der Waals surface area contributed by atoms with E-state index in [0.717, 1.165) is 0 Å². The van der Waals surface area contributed by atoms with Crippen molar-refractivity contribution < 1.29 is 23.8 Å². The van der Waals surface area contributed by atoms with Gasteiger partial charge in [0.1, 0.15) is 17.9 Å². The number of Topliss-reactive ketones (excluding diaryl/α,β-unsaturated/α-hetero) is 1. The average Bonchev–Trinajstić information content (AvgIpc) is 2.47. The molecule has 1 aromatic carbocycles. The lowest BCUT2D eigenvalue weighted by molar-refractivity contribution is -0.138. The topological polar surface area (TPSA) is 73.9 Å². The molecule has 0 heterocycles. The second-order valence-corrected chi connectivity index (χ2v) is 3.75. The number of para-hydroxylation sites is 2. The molecule has 1 rings (SSSR count). The third-order valence-electron chi connectivity index (χ3n) is 2.46. The Bertz CT molecular complexity index is 510. The maximum absolute atomic E-state index is 11.8. The molecule has 1 aromatic rings. The van der Waals surface area contributed by atoms with Crippen LogP contribution in [0.5, 0.6) is 5.75 Å². The number of ether oxygens (including phenoxy) is 3. The third-order valence-corrected chi connectivity index (χ3v) is 2.46. The molecule has 0 fully saturated rings. The summed E-state index contributed by atoms with van der Waals surface area (Å²) in [5.41, 5.74) is 0.502. The smallest absolute Gasteiger partial charge is 0.343 e. The summed E-state index contributed by atoms with van der Waals surface area (Å²) < 4.78 is 14.5. The Balaban J connectivity index is 2.96. The molecule has 108 valence electrons. The first-order chi connectivity index (χ1) is 9.63. The molecule has 6 nitrogen and oxygen atoms in total. The molecule has 0 saturated carbocycles. The summed E-state index contributed by atoms with van der Waals surface area (Å²) >= 11 is 0. The molecule has 0 bridgehead atoms. The summed E-state index contributed by atoms with van der Waals surface area (Å²) in [6, 6.07) is 7.12. The highest BCUT2D eigenvalue weighted by molar-refractivity contribution is 6.18. The van der Waals surface area contributed by atoms with Gasteiger partial charge in [-0.25, -0.2) is 4.79 Å². The van der Waals surface area contributed by atoms with E-state index in [-0.39, 0.29) is 12.2 Å². The van der Waals surface area contributed by atoms with E-state index >= 15 is 0 Å². The van der Waals surface area contributed by atoms with Gasteiger partial charge >= 0.3 is 5.97 Å². The highest BCUT2D eigenvalue weighted by Gasteiger charge is 2.18. The third kappa shape index (κ3) is 4.10. The zero-order chi connectivity index (χ0) is 15.0. The molecular formula is C14H17NO5. The molecule has 0 spiro atoms. The van der Waals surface area contributed by atoms with E-state index in [4.69, 9.17) is 9.47 Å². The fourth-order valence-electron chi connectivity index (χ4n) is 1.49. The van der Waals surface area contributed by atoms with E-state index in [1.807, 2.05) is 6.07 Å². The SMILES string of the molecule is COCC(=O)/C(=C/Nc1ccccc1OC)C(=O)OC. The molecular weight excluding hydrogens is 262 g/mol. The Kier molecular flexibility index (Phi) is 6.25. The fraction of sp³-hybridized carbons (Fsp3) is 0.286. The van der Waals surface area contributed by atoms with Crippen LogP contribution in [0.1, 0.15) is 0 Å². The maximum Gasteiger partial charge on any atom is 0.343 e. The van der Waals surface area contributed by atoms with Crippen LogP contribution < -0.4 is 10.1 Å². The summed E-state index contributed by atoms with van der Waals surface area (Å²) in [5.74, 6) is -0.608. The van der Waals surface area contributed by atoms with Gasteiger partial charge in [-0.15, -0.1) is 0 Å². The van der Waals surface area contributed by atoms with Crippen molar-refractivity contribution in [1.82, 2.24) is 0 Å². The van der Waals surface area contributed by atoms with Gasteiger partial charge in [0.2, 0.25) is 0 Å². The van der Waals surface area contributed by atoms with Gasteiger partial charge in [-0.05, 0) is 12.1 Å². The molecule has 0 radical (unpaired) electrons. The number of methoxy groups -OCH3 is 3. The number of hydrogen-bond donors (Lipinski definition) is 1. The molecule has 0 amide bonds. The number of nitrogens with one attached hydrogen (secondary N) is 1. The molecule has 1 N–H and O–H groups in total. The lowest BCUT2D eigenvalue weighted by Crippen LogP contribution is -2.19. The molecule has 20 heavy (non-hydrogen) atoms. The highest BCUT2D eigenvalue weighted by Crippen LogP contribution is 2.23. The van der Waals surface area contributed by atoms with Crippen LogP contribution in [0, 0.1) is 0 Å². The minimum absolute atomic E-state index is 0.125. The summed E-state index contributed by atoms with van der Waals surface area (Å²) in [5, 5.41) is 2.85. The molecule has 0 aliphatic rings. The highest BCUT2D eigenvalue weighted by atomic mass is 16.5. The summed E-state index contributed by atoms with van der Waals surface area (Å²) in [6.45, 7) is -0.200. The first kappa shape index (κ1) is 15.7. The van der Waals surface area contributed by atoms with Crippen molar-refractivity contribution in [2.75, 3.05) is 33.3 Å². The van der Waals surface area contributed by atoms with Crippen LogP contribution in [0.15, 0.2) is 36.0 Å². The molecule has 0 aromatic heterocycles. The zero-order valence-corrected chi connectivity index (χ0v) is 11.6. The van der Waals surface area contributed by atoms with Crippen LogP contribution in [-0.2, 0) is 19.1 Å². The van der Waals surface area contributed by atoms with E-state index in [1.165, 1.54) is 27.5 Å². The number of anilines is 1. The van der Waals surface area contributed by atoms with Gasteiger partial charge in [-0.2, -0.15) is 0 Å². The molecule has 0 unspecified atom stereocenters. The van der Waals surface area contributed by atoms with Crippen LogP contribution in [0.2, 0.25) is 0 Å². The van der Waals surface area contributed by atoms with Crippen molar-refractivity contribution >= 4 is 17.4 Å². The van der Waals surface area contributed by atoms with Crippen LogP contribution in [0.25, 0.3) is 0 Å². The molecule has 0 saturated heterocycles. The minimum atomic E-state index is -0.727. The predicted octanol–water partition coefficient (Wildman–Crippen LogP) is 1.38. The average molecular weight is 279 g/mol. The van der Waals surface area contributed by atoms with Crippen molar-refractivity contribution in [1.29, 1.82) is 0 Å². The molecule has 0 aliphatic heterocycles. The minimum Gasteiger partial charge on any atom is -0.495 e. The Morgan fingerprint density at radius 2 is 1.90 bits per heavy atom. The standard InChI is InChI=1S/C14H17NO5/c1-18-9-12(16)10(14(17)20-3)8-15-11-6-4-5-7-13(11)19-2/h4-8,15H,9H2,1-3H3/b10-8-. The number of benzene rings is 1. The predicted molar refractivity (Wildman–Crippen MR) is 73.6 cm³/mol. The van der Waals surface area contributed by atoms with E-state index in [1.54, 1.807) is 18.2 Å². The van der Waals surface area contributed by atoms with Crippen LogP contribution in [0.3, 0.4) is 0 Å². The second kappa shape index (κ2) is 7.96. The second-order valence-electron chi connectivity index (χ2n) is 3.75. The van der Waals surface area contributed by atoms with Crippen molar-refractivity contribution in [2.45, 2.75) is 0 Å². The lowest BCUT2D eigenvalue weighted by Gasteiger charge is -2.09. The largest absolute Gasteiger partial charge is 0.495 e. The van der Waals surface area contributed by atoms with E-state index in [0.29, 0.717) is 11.4 Å². The molecule has 0 atom stereocenters. The van der Waals surface area contributed by atoms with Gasteiger partial charge in [0.05, 0.1) is 19.9 Å². The summed E-state index contributed by atoms with van der Waals surface area (Å²) in [6.07, 6.45) is 1.28. The Labute approximate surface area is 117 Å². The van der Waals surface area contributed by atoms with Crippen molar-refractivity contribution in [3.63, 3.8) is 0 Å². The van der Waals surface area contributed by atoms with Gasteiger partial charge in [0.25, 0.3) is 0 Å². The van der Waals surface area contributed by atoms with Gasteiger partial charge in [-0.1, -0.05) is 12.1 Å². The number of carbonyl (C=O) groups excluding carboxylic acids is 2. The Hall–Kier alpha value is -2.34. The number of esters is 1. The van der Waals surface area contributed by atoms with Crippen LogP contribution >= 0.6 is 0 Å². The normalized spacial score (nSPS) is 10.8. The molecule has 6 heteroatoms. The lowest BCUT2D eigenvalue weighted by atomic mass is 10.2. The summed E-state index contributed by atoms with van der Waals surface area (Å²) in [4.78, 5) is 23.3. The quantitative estimate of drug-likeness (QED) is 0.352. The monoisotopic (exact) mass is 279 g/mol. The van der Waals surface area contributed by atoms with Crippen LogP contribution in [0.4, 0.5) is 5.69 Å². The Morgan fingerprint density at radius 1 is 1.20 bits per heavy atom. The maximum atomic E-state index is 11.8. The zero-order valence-electron chi connectivity index (χ0n) is 11.6. The van der Waals surface area contributed by atoms with Gasteiger partial charge in [0.15, 0.2) is 5.78 Å². The van der Waals surface area contributed by atoms with Gasteiger partial charge in [-0.3, -0.25) is 4.79 Å². The van der Waals surface area contributed by atoms with E-state index < -0.39 is 11.8 Å². The first-order valence-corrected chi connectivity index (χ1v) is 5.84. The first-order valence-electron chi connectivity index (χ1n) is 5.84. The van der Waals surface area contributed by atoms with Gasteiger partial charge < -0.3 is 19.5 Å². The fourth-order valence-corrected chi connectivity index (χ4v) is 1.49. The van der Waals surface area contributed by atoms with Crippen molar-refractivity contribution in [2.24, 2.45) is 0 Å². The number of carbonyl (C=O) groups is 2. The van der Waals surface area contributed by atoms with E-state index in [2.05, 4.69) is 10.1 Å². The van der Waals surface area contributed by atoms with Crippen molar-refractivity contribution in [3.05, 3.63) is 36.0 Å². The van der Waals surface area contributed by atoms with Crippen molar-refractivity contribution in [3.8, 4) is 5.75 Å². The van der Waals surface area contributed by atoms with Gasteiger partial charge in [0, 0.05) is 13.3 Å². The van der Waals surface area contributed by atoms with E-state index in [9.17, 15) is 9.59 Å². The summed E-state index contributed by atoms with van der Waals surface area (Å²) in [7, 11) is 4.11. The van der Waals surface area contributed by atoms with Crippen LogP contribution in [-0.4, -0.2) is 39.7 Å². The Morgan fingerprint density at radius 3 is 2.50 bits per heavy atom. The number of hydrogen-bond acceptors (Lipinski definition) is 6. The number of ketones is 1. The molecule has 0 aliphatic carbocycles.